The molecule has 10 heteroatoms. The molecule has 0 amide bonds. The minimum absolute atomic E-state index is 0.715. The quantitative estimate of drug-likeness (QED) is 0.110. The molecular formula is C33H44N2O7S. The molecule has 0 radical (unpaired) electrons. The minimum Gasteiger partial charge on any atom is -0.497 e. The van der Waals surface area contributed by atoms with E-state index in [1.807, 2.05) is 24.3 Å². The maximum atomic E-state index is 9.19. The van der Waals surface area contributed by atoms with Crippen LogP contribution in [0.1, 0.15) is 36.8 Å². The Kier molecular flexibility index (Phi) is 13.3. The zero-order valence-electron chi connectivity index (χ0n) is 25.7. The molecule has 3 N–H and O–H groups in total. The highest BCUT2D eigenvalue weighted by Crippen LogP contribution is 2.32. The second-order valence-corrected chi connectivity index (χ2v) is 11.6. The standard InChI is InChI=1S/C32H40N2O4.CH4O3S/c1-35-25-11-13-27-29(19-25)23(9-15-31(27)37-3)21-33-17-7-5-6-8-18-34-22-24-10-16-32(38-4)28-14-12-26(36-2)20-30(24)28;1-5(2,3)4/h9-16,19-20,33-34H,5-8,17-18,21-22H2,1-4H3;1H3,(H,2,3,4). The number of ether oxygens (including phenoxy) is 4. The van der Waals surface area contributed by atoms with Gasteiger partial charge in [0.05, 0.1) is 34.7 Å². The first-order valence-electron chi connectivity index (χ1n) is 14.3. The lowest BCUT2D eigenvalue weighted by molar-refractivity contribution is 0.414. The van der Waals surface area contributed by atoms with Gasteiger partial charge in [-0.25, -0.2) is 0 Å². The van der Waals surface area contributed by atoms with Gasteiger partial charge >= 0.3 is 0 Å². The summed E-state index contributed by atoms with van der Waals surface area (Å²) in [7, 11) is 3.16. The molecule has 4 aromatic carbocycles. The van der Waals surface area contributed by atoms with Crippen LogP contribution in [0.2, 0.25) is 0 Å². The van der Waals surface area contributed by atoms with Gasteiger partial charge in [-0.15, -0.1) is 0 Å². The van der Waals surface area contributed by atoms with Crippen LogP contribution in [0.3, 0.4) is 0 Å². The van der Waals surface area contributed by atoms with Gasteiger partial charge in [0.15, 0.2) is 0 Å². The summed E-state index contributed by atoms with van der Waals surface area (Å²) in [6, 6.07) is 20.6. The van der Waals surface area contributed by atoms with Crippen LogP contribution >= 0.6 is 0 Å². The molecule has 0 unspecified atom stereocenters. The predicted octanol–water partition coefficient (Wildman–Crippen LogP) is 5.97. The summed E-state index contributed by atoms with van der Waals surface area (Å²) in [4.78, 5) is 0. The van der Waals surface area contributed by atoms with Gasteiger partial charge in [-0.1, -0.05) is 25.0 Å². The van der Waals surface area contributed by atoms with Crippen LogP contribution in [0.4, 0.5) is 0 Å². The fourth-order valence-corrected chi connectivity index (χ4v) is 4.94. The third kappa shape index (κ3) is 10.6. The molecule has 234 valence electrons. The zero-order chi connectivity index (χ0) is 31.2. The van der Waals surface area contributed by atoms with Crippen LogP contribution in [-0.4, -0.2) is 60.8 Å². The van der Waals surface area contributed by atoms with E-state index in [9.17, 15) is 8.42 Å². The molecule has 9 nitrogen and oxygen atoms in total. The van der Waals surface area contributed by atoms with Gasteiger partial charge in [0.25, 0.3) is 10.1 Å². The molecule has 0 saturated carbocycles. The Balaban J connectivity index is 0.000000934. The Bertz CT molecular complexity index is 1460. The first kappa shape index (κ1) is 33.9. The van der Waals surface area contributed by atoms with Crippen LogP contribution in [0.5, 0.6) is 23.0 Å². The topological polar surface area (TPSA) is 115 Å². The van der Waals surface area contributed by atoms with Gasteiger partial charge in [-0.05, 0) is 96.4 Å². The maximum absolute atomic E-state index is 9.19. The first-order valence-corrected chi connectivity index (χ1v) is 16.1. The number of rotatable bonds is 15. The lowest BCUT2D eigenvalue weighted by atomic mass is 10.0. The van der Waals surface area contributed by atoms with Crippen molar-refractivity contribution in [1.82, 2.24) is 10.6 Å². The molecule has 0 fully saturated rings. The SMILES string of the molecule is COc1ccc2c(OC)ccc(CNCCCCCCNCc3ccc(OC)c4ccc(OC)cc34)c2c1.CS(=O)(=O)O. The molecule has 0 aliphatic rings. The zero-order valence-corrected chi connectivity index (χ0v) is 26.6. The number of unbranched alkanes of at least 4 members (excludes halogenated alkanes) is 3. The van der Waals surface area contributed by atoms with Crippen molar-refractivity contribution in [2.24, 2.45) is 0 Å². The minimum atomic E-state index is -3.67. The molecule has 43 heavy (non-hydrogen) atoms. The molecule has 4 aromatic rings. The van der Waals surface area contributed by atoms with Crippen molar-refractivity contribution in [1.29, 1.82) is 0 Å². The van der Waals surface area contributed by atoms with Crippen molar-refractivity contribution in [3.8, 4) is 23.0 Å². The van der Waals surface area contributed by atoms with Crippen molar-refractivity contribution < 1.29 is 31.9 Å². The second kappa shape index (κ2) is 16.9. The smallest absolute Gasteiger partial charge is 0.261 e. The third-order valence-electron chi connectivity index (χ3n) is 7.08. The van der Waals surface area contributed by atoms with Crippen molar-refractivity contribution in [2.45, 2.75) is 38.8 Å². The average molecular weight is 613 g/mol. The van der Waals surface area contributed by atoms with Gasteiger partial charge in [0, 0.05) is 23.9 Å². The van der Waals surface area contributed by atoms with E-state index in [1.54, 1.807) is 28.4 Å². The summed E-state index contributed by atoms with van der Waals surface area (Å²) < 4.78 is 47.8. The molecule has 0 aliphatic carbocycles. The van der Waals surface area contributed by atoms with Gasteiger partial charge in [0.2, 0.25) is 0 Å². The van der Waals surface area contributed by atoms with Crippen LogP contribution in [0, 0.1) is 0 Å². The fraction of sp³-hybridized carbons (Fsp3) is 0.394. The van der Waals surface area contributed by atoms with Crippen LogP contribution in [-0.2, 0) is 23.2 Å². The summed E-state index contributed by atoms with van der Waals surface area (Å²) in [5.74, 6) is 3.50. The number of fused-ring (bicyclic) bond motifs is 2. The molecule has 0 aromatic heterocycles. The van der Waals surface area contributed by atoms with Gasteiger partial charge in [0.1, 0.15) is 23.0 Å². The summed E-state index contributed by atoms with van der Waals surface area (Å²) in [6.07, 6.45) is 5.48. The van der Waals surface area contributed by atoms with Crippen LogP contribution < -0.4 is 29.6 Å². The van der Waals surface area contributed by atoms with Crippen molar-refractivity contribution in [3.05, 3.63) is 71.8 Å². The van der Waals surface area contributed by atoms with E-state index >= 15 is 0 Å². The number of methoxy groups -OCH3 is 4. The Morgan fingerprint density at radius 1 is 0.581 bits per heavy atom. The molecule has 0 aliphatic heterocycles. The summed E-state index contributed by atoms with van der Waals surface area (Å²) in [5.41, 5.74) is 2.51. The van der Waals surface area contributed by atoms with Crippen molar-refractivity contribution in [2.75, 3.05) is 47.8 Å². The Hall–Kier alpha value is -3.57. The molecule has 0 atom stereocenters. The highest BCUT2D eigenvalue weighted by Gasteiger charge is 2.09. The summed E-state index contributed by atoms with van der Waals surface area (Å²) in [5, 5.41) is 11.8. The molecule has 0 spiro atoms. The number of hydrogen-bond acceptors (Lipinski definition) is 8. The molecule has 4 rings (SSSR count). The lowest BCUT2D eigenvalue weighted by Gasteiger charge is -2.13. The van der Waals surface area contributed by atoms with Crippen LogP contribution in [0.15, 0.2) is 60.7 Å². The first-order chi connectivity index (χ1) is 20.7. The molecule has 0 saturated heterocycles. The Morgan fingerprint density at radius 3 is 1.33 bits per heavy atom. The monoisotopic (exact) mass is 612 g/mol. The van der Waals surface area contributed by atoms with E-state index < -0.39 is 10.1 Å². The summed E-state index contributed by atoms with van der Waals surface area (Å²) >= 11 is 0. The lowest BCUT2D eigenvalue weighted by Crippen LogP contribution is -2.16. The van der Waals surface area contributed by atoms with Crippen molar-refractivity contribution >= 4 is 31.7 Å². The van der Waals surface area contributed by atoms with Crippen molar-refractivity contribution in [3.63, 3.8) is 0 Å². The van der Waals surface area contributed by atoms with E-state index in [1.165, 1.54) is 47.6 Å². The van der Waals surface area contributed by atoms with Gasteiger partial charge in [-0.2, -0.15) is 8.42 Å². The number of hydrogen-bond donors (Lipinski definition) is 3. The number of nitrogens with one attached hydrogen (secondary N) is 2. The van der Waals surface area contributed by atoms with Gasteiger partial charge in [-0.3, -0.25) is 4.55 Å². The number of benzene rings is 4. The molecule has 0 bridgehead atoms. The van der Waals surface area contributed by atoms with E-state index in [4.69, 9.17) is 23.5 Å². The highest BCUT2D eigenvalue weighted by atomic mass is 32.2. The van der Waals surface area contributed by atoms with Gasteiger partial charge < -0.3 is 29.6 Å². The van der Waals surface area contributed by atoms with E-state index in [0.717, 1.165) is 59.9 Å². The predicted molar refractivity (Wildman–Crippen MR) is 173 cm³/mol. The van der Waals surface area contributed by atoms with E-state index in [2.05, 4.69) is 47.0 Å². The fourth-order valence-electron chi connectivity index (χ4n) is 4.94. The second-order valence-electron chi connectivity index (χ2n) is 10.2. The highest BCUT2D eigenvalue weighted by molar-refractivity contribution is 7.85. The van der Waals surface area contributed by atoms with Crippen LogP contribution in [0.25, 0.3) is 21.5 Å². The maximum Gasteiger partial charge on any atom is 0.261 e. The third-order valence-corrected chi connectivity index (χ3v) is 7.08. The van der Waals surface area contributed by atoms with E-state index in [-0.39, 0.29) is 0 Å². The summed E-state index contributed by atoms with van der Waals surface area (Å²) in [6.45, 7) is 3.67. The van der Waals surface area contributed by atoms with E-state index in [0.29, 0.717) is 6.26 Å². The average Bonchev–Trinajstić information content (AvgIpc) is 3.00. The largest absolute Gasteiger partial charge is 0.497 e. The molecular weight excluding hydrogens is 568 g/mol. The normalized spacial score (nSPS) is 11.2. The Labute approximate surface area is 255 Å². The Morgan fingerprint density at radius 2 is 0.977 bits per heavy atom. The molecule has 0 heterocycles.